The van der Waals surface area contributed by atoms with E-state index in [1.54, 1.807) is 12.2 Å². The van der Waals surface area contributed by atoms with Gasteiger partial charge in [0.15, 0.2) is 0 Å². The van der Waals surface area contributed by atoms with E-state index in [0.29, 0.717) is 21.2 Å². The topological polar surface area (TPSA) is 34.1 Å². The lowest BCUT2D eigenvalue weighted by Crippen LogP contribution is -2.65. The van der Waals surface area contributed by atoms with Gasteiger partial charge in [-0.1, -0.05) is 106 Å². The Labute approximate surface area is 192 Å². The Bertz CT molecular complexity index is 1120. The van der Waals surface area contributed by atoms with Crippen molar-refractivity contribution in [1.82, 2.24) is 0 Å². The summed E-state index contributed by atoms with van der Waals surface area (Å²) in [5.41, 5.74) is 0.374. The highest BCUT2D eigenvalue weighted by Crippen LogP contribution is 2.46. The number of hydrogen-bond acceptors (Lipinski definition) is 2. The minimum absolute atomic E-state index is 0.291. The first-order chi connectivity index (χ1) is 15.1. The van der Waals surface area contributed by atoms with E-state index in [4.69, 9.17) is 23.2 Å². The Morgan fingerprint density at radius 3 is 1.39 bits per heavy atom. The second kappa shape index (κ2) is 9.07. The molecule has 31 heavy (non-hydrogen) atoms. The molecule has 0 aliphatic heterocycles. The van der Waals surface area contributed by atoms with Crippen LogP contribution in [0.25, 0.3) is 0 Å². The van der Waals surface area contributed by atoms with Crippen LogP contribution in [-0.4, -0.2) is 20.0 Å². The van der Waals surface area contributed by atoms with E-state index in [0.717, 1.165) is 10.4 Å². The molecule has 2 atom stereocenters. The average molecular weight is 461 g/mol. The van der Waals surface area contributed by atoms with Crippen LogP contribution in [0, 0.1) is 0 Å². The van der Waals surface area contributed by atoms with Crippen molar-refractivity contribution < 1.29 is 9.59 Å². The lowest BCUT2D eigenvalue weighted by Gasteiger charge is -2.44. The third-order valence-corrected chi connectivity index (χ3v) is 11.9. The maximum Gasteiger partial charge on any atom is 0.141 e. The molecule has 0 spiro atoms. The van der Waals surface area contributed by atoms with E-state index in [1.165, 1.54) is 0 Å². The maximum atomic E-state index is 12.1. The largest absolute Gasteiger partial charge is 0.233 e. The van der Waals surface area contributed by atoms with Crippen molar-refractivity contribution in [1.29, 1.82) is 0 Å². The van der Waals surface area contributed by atoms with Crippen LogP contribution in [-0.2, 0) is 9.59 Å². The van der Waals surface area contributed by atoms with Crippen molar-refractivity contribution in [3.63, 3.8) is 0 Å². The summed E-state index contributed by atoms with van der Waals surface area (Å²) in [6.07, 6.45) is 10.9. The number of benzene rings is 2. The van der Waals surface area contributed by atoms with Gasteiger partial charge in [-0.25, -0.2) is 9.59 Å². The summed E-state index contributed by atoms with van der Waals surface area (Å²) >= 11 is 12.5. The van der Waals surface area contributed by atoms with E-state index >= 15 is 0 Å². The molecule has 0 N–H and O–H groups in total. The SMILES string of the molecule is O=C=C1C=C(Cl)C=CC1[Si](c1ccccc1)(c1ccccc1)C1C=CC(Cl)=CC1=C=O. The molecule has 0 aromatic heterocycles. The van der Waals surface area contributed by atoms with E-state index in [9.17, 15) is 9.59 Å². The predicted molar refractivity (Wildman–Crippen MR) is 130 cm³/mol. The van der Waals surface area contributed by atoms with Gasteiger partial charge in [0.2, 0.25) is 0 Å². The first-order valence-electron chi connectivity index (χ1n) is 9.83. The summed E-state index contributed by atoms with van der Waals surface area (Å²) in [4.78, 5) is 24.2. The van der Waals surface area contributed by atoms with Crippen LogP contribution in [0.1, 0.15) is 0 Å². The van der Waals surface area contributed by atoms with Crippen molar-refractivity contribution in [2.45, 2.75) is 11.1 Å². The lowest BCUT2D eigenvalue weighted by atomic mass is 10.1. The number of rotatable bonds is 4. The molecule has 0 fully saturated rings. The first kappa shape index (κ1) is 21.3. The molecule has 0 bridgehead atoms. The molecule has 2 aliphatic carbocycles. The highest BCUT2D eigenvalue weighted by molar-refractivity contribution is 7.06. The second-order valence-corrected chi connectivity index (χ2v) is 12.5. The zero-order valence-corrected chi connectivity index (χ0v) is 19.0. The Morgan fingerprint density at radius 2 is 1.03 bits per heavy atom. The van der Waals surface area contributed by atoms with Gasteiger partial charge in [-0.15, -0.1) is 0 Å². The Morgan fingerprint density at radius 1 is 0.645 bits per heavy atom. The van der Waals surface area contributed by atoms with Crippen LogP contribution >= 0.6 is 23.2 Å². The molecule has 0 saturated heterocycles. The highest BCUT2D eigenvalue weighted by atomic mass is 35.5. The standard InChI is InChI=1S/C26H18Cl2O2Si/c27-21-11-13-25(19(15-21)17-29)31(23-7-3-1-4-8-23,24-9-5-2-6-10-24)26-14-12-22(28)16-20(26)18-30/h1-16,25-26H. The summed E-state index contributed by atoms with van der Waals surface area (Å²) in [6, 6.07) is 20.2. The van der Waals surface area contributed by atoms with Crippen molar-refractivity contribution in [2.24, 2.45) is 0 Å². The molecule has 2 aromatic carbocycles. The Kier molecular flexibility index (Phi) is 6.24. The quantitative estimate of drug-likeness (QED) is 0.480. The van der Waals surface area contributed by atoms with Crippen molar-refractivity contribution in [3.05, 3.63) is 118 Å². The van der Waals surface area contributed by atoms with Crippen molar-refractivity contribution >= 4 is 53.5 Å². The molecular formula is C26H18Cl2O2Si. The predicted octanol–water partition coefficient (Wildman–Crippen LogP) is 4.89. The average Bonchev–Trinajstić information content (AvgIpc) is 2.82. The monoisotopic (exact) mass is 460 g/mol. The van der Waals surface area contributed by atoms with Gasteiger partial charge in [0.1, 0.15) is 20.0 Å². The van der Waals surface area contributed by atoms with Crippen LogP contribution in [0.3, 0.4) is 0 Å². The number of allylic oxidation sites excluding steroid dienone is 10. The van der Waals surface area contributed by atoms with E-state index < -0.39 is 8.07 Å². The van der Waals surface area contributed by atoms with E-state index in [2.05, 4.69) is 36.1 Å². The fourth-order valence-corrected chi connectivity index (χ4v) is 10.7. The third kappa shape index (κ3) is 3.79. The summed E-state index contributed by atoms with van der Waals surface area (Å²) in [5, 5.41) is 3.13. The van der Waals surface area contributed by atoms with Crippen LogP contribution in [0.2, 0.25) is 11.1 Å². The fraction of sp³-hybridized carbons (Fsp3) is 0.0769. The molecule has 4 rings (SSSR count). The van der Waals surface area contributed by atoms with Gasteiger partial charge in [-0.2, -0.15) is 0 Å². The molecule has 0 saturated carbocycles. The molecule has 0 heterocycles. The van der Waals surface area contributed by atoms with Gasteiger partial charge in [0.25, 0.3) is 0 Å². The van der Waals surface area contributed by atoms with Gasteiger partial charge in [0.05, 0.1) is 0 Å². The zero-order chi connectivity index (χ0) is 21.8. The summed E-state index contributed by atoms with van der Waals surface area (Å²) in [7, 11) is -2.95. The highest BCUT2D eigenvalue weighted by Gasteiger charge is 2.52. The van der Waals surface area contributed by atoms with E-state index in [1.807, 2.05) is 60.7 Å². The van der Waals surface area contributed by atoms with Gasteiger partial charge in [-0.3, -0.25) is 0 Å². The first-order valence-corrected chi connectivity index (χ1v) is 12.7. The summed E-state index contributed by atoms with van der Waals surface area (Å²) in [6.45, 7) is 0. The summed E-state index contributed by atoms with van der Waals surface area (Å²) in [5.74, 6) is 4.25. The number of halogens is 2. The fourth-order valence-electron chi connectivity index (χ4n) is 4.64. The molecule has 2 nitrogen and oxygen atoms in total. The molecule has 0 amide bonds. The summed E-state index contributed by atoms with van der Waals surface area (Å²) < 4.78 is 0. The molecular weight excluding hydrogens is 443 g/mol. The molecule has 2 aliphatic rings. The van der Waals surface area contributed by atoms with Gasteiger partial charge >= 0.3 is 0 Å². The molecule has 152 valence electrons. The minimum atomic E-state index is -2.95. The lowest BCUT2D eigenvalue weighted by molar-refractivity contribution is 0.567. The van der Waals surface area contributed by atoms with Crippen LogP contribution in [0.15, 0.2) is 118 Å². The smallest absolute Gasteiger partial charge is 0.141 e. The normalized spacial score (nSPS) is 20.6. The van der Waals surface area contributed by atoms with Crippen molar-refractivity contribution in [3.8, 4) is 0 Å². The number of carbonyl (C=O) groups excluding carboxylic acids is 2. The molecule has 2 unspecified atom stereocenters. The number of hydrogen-bond donors (Lipinski definition) is 0. The van der Waals surface area contributed by atoms with Crippen LogP contribution in [0.5, 0.6) is 0 Å². The van der Waals surface area contributed by atoms with Gasteiger partial charge < -0.3 is 0 Å². The van der Waals surface area contributed by atoms with Gasteiger partial charge in [-0.05, 0) is 24.3 Å². The second-order valence-electron chi connectivity index (χ2n) is 7.45. The van der Waals surface area contributed by atoms with Gasteiger partial charge in [0, 0.05) is 32.3 Å². The van der Waals surface area contributed by atoms with Crippen molar-refractivity contribution in [2.75, 3.05) is 0 Å². The Balaban J connectivity index is 2.12. The molecule has 2 aromatic rings. The van der Waals surface area contributed by atoms with Crippen LogP contribution in [0.4, 0.5) is 0 Å². The molecule has 0 radical (unpaired) electrons. The zero-order valence-electron chi connectivity index (χ0n) is 16.5. The minimum Gasteiger partial charge on any atom is -0.233 e. The van der Waals surface area contributed by atoms with Crippen LogP contribution < -0.4 is 10.4 Å². The Hall–Kier alpha value is -2.90. The molecule has 5 heteroatoms. The third-order valence-electron chi connectivity index (χ3n) is 5.87. The maximum absolute atomic E-state index is 12.1. The van der Waals surface area contributed by atoms with E-state index in [-0.39, 0.29) is 11.1 Å².